The lowest BCUT2D eigenvalue weighted by molar-refractivity contribution is 1.32. The zero-order chi connectivity index (χ0) is 9.80. The molecule has 0 aliphatic heterocycles. The molecule has 0 saturated heterocycles. The molecule has 2 rings (SSSR count). The van der Waals surface area contributed by atoms with Gasteiger partial charge < -0.3 is 11.1 Å². The molecule has 0 spiro atoms. The van der Waals surface area contributed by atoms with Crippen LogP contribution in [0.25, 0.3) is 0 Å². The fourth-order valence-electron chi connectivity index (χ4n) is 1.20. The van der Waals surface area contributed by atoms with Crippen molar-refractivity contribution in [1.29, 1.82) is 0 Å². The molecule has 3 nitrogen and oxygen atoms in total. The normalized spacial score (nSPS) is 8.50. The van der Waals surface area contributed by atoms with Crippen LogP contribution in [-0.2, 0) is 0 Å². The SMILES string of the molecule is Cl.Cl.Nc1ccccc1Nc1ccncc1. The first-order valence-electron chi connectivity index (χ1n) is 4.38. The van der Waals surface area contributed by atoms with Gasteiger partial charge in [-0.25, -0.2) is 0 Å². The van der Waals surface area contributed by atoms with Gasteiger partial charge in [0.15, 0.2) is 0 Å². The van der Waals surface area contributed by atoms with E-state index in [1.807, 2.05) is 36.4 Å². The molecule has 0 fully saturated rings. The predicted molar refractivity (Wildman–Crippen MR) is 72.9 cm³/mol. The smallest absolute Gasteiger partial charge is 0.0617 e. The molecule has 0 aliphatic carbocycles. The van der Waals surface area contributed by atoms with Crippen LogP contribution in [0.4, 0.5) is 17.1 Å². The minimum absolute atomic E-state index is 0. The van der Waals surface area contributed by atoms with Crippen molar-refractivity contribution in [3.8, 4) is 0 Å². The van der Waals surface area contributed by atoms with Gasteiger partial charge in [-0.15, -0.1) is 24.8 Å². The molecule has 1 aromatic heterocycles. The van der Waals surface area contributed by atoms with E-state index >= 15 is 0 Å². The Balaban J connectivity index is 0.00000112. The van der Waals surface area contributed by atoms with Gasteiger partial charge in [-0.05, 0) is 24.3 Å². The number of nitrogens with zero attached hydrogens (tertiary/aromatic N) is 1. The second kappa shape index (κ2) is 6.93. The zero-order valence-electron chi connectivity index (χ0n) is 8.46. The molecule has 0 atom stereocenters. The van der Waals surface area contributed by atoms with E-state index in [9.17, 15) is 0 Å². The molecular formula is C11H13Cl2N3. The van der Waals surface area contributed by atoms with E-state index in [1.54, 1.807) is 12.4 Å². The number of nitrogens with one attached hydrogen (secondary N) is 1. The molecule has 1 heterocycles. The third-order valence-electron chi connectivity index (χ3n) is 1.92. The van der Waals surface area contributed by atoms with Gasteiger partial charge in [0, 0.05) is 18.1 Å². The number of pyridine rings is 1. The Kier molecular flexibility index (Phi) is 6.30. The summed E-state index contributed by atoms with van der Waals surface area (Å²) in [5.41, 5.74) is 8.43. The van der Waals surface area contributed by atoms with Gasteiger partial charge in [-0.3, -0.25) is 4.98 Å². The number of aromatic nitrogens is 1. The first-order chi connectivity index (χ1) is 6.86. The van der Waals surface area contributed by atoms with Crippen molar-refractivity contribution >= 4 is 41.9 Å². The van der Waals surface area contributed by atoms with Crippen LogP contribution in [0.5, 0.6) is 0 Å². The number of hydrogen-bond acceptors (Lipinski definition) is 3. The Morgan fingerprint density at radius 3 is 2.19 bits per heavy atom. The van der Waals surface area contributed by atoms with Crippen LogP contribution >= 0.6 is 24.8 Å². The van der Waals surface area contributed by atoms with Crippen LogP contribution in [0.3, 0.4) is 0 Å². The summed E-state index contributed by atoms with van der Waals surface area (Å²) in [4.78, 5) is 3.94. The van der Waals surface area contributed by atoms with Crippen molar-refractivity contribution in [2.75, 3.05) is 11.1 Å². The lowest BCUT2D eigenvalue weighted by atomic mass is 10.2. The molecule has 1 aromatic carbocycles. The molecular weight excluding hydrogens is 245 g/mol. The second-order valence-electron chi connectivity index (χ2n) is 2.95. The third-order valence-corrected chi connectivity index (χ3v) is 1.92. The third kappa shape index (κ3) is 3.61. The van der Waals surface area contributed by atoms with Gasteiger partial charge in [0.1, 0.15) is 0 Å². The maximum Gasteiger partial charge on any atom is 0.0617 e. The number of hydrogen-bond donors (Lipinski definition) is 2. The first kappa shape index (κ1) is 14.6. The Labute approximate surface area is 107 Å². The largest absolute Gasteiger partial charge is 0.397 e. The van der Waals surface area contributed by atoms with E-state index in [1.165, 1.54) is 0 Å². The van der Waals surface area contributed by atoms with Crippen molar-refractivity contribution in [3.63, 3.8) is 0 Å². The first-order valence-corrected chi connectivity index (χ1v) is 4.38. The summed E-state index contributed by atoms with van der Waals surface area (Å²) >= 11 is 0. The number of para-hydroxylation sites is 2. The summed E-state index contributed by atoms with van der Waals surface area (Å²) < 4.78 is 0. The zero-order valence-corrected chi connectivity index (χ0v) is 10.1. The minimum Gasteiger partial charge on any atom is -0.397 e. The van der Waals surface area contributed by atoms with E-state index in [4.69, 9.17) is 5.73 Å². The summed E-state index contributed by atoms with van der Waals surface area (Å²) in [6.07, 6.45) is 3.48. The number of nitrogen functional groups attached to an aromatic ring is 1. The van der Waals surface area contributed by atoms with Gasteiger partial charge in [0.2, 0.25) is 0 Å². The summed E-state index contributed by atoms with van der Waals surface area (Å²) in [5, 5.41) is 3.21. The quantitative estimate of drug-likeness (QED) is 0.813. The van der Waals surface area contributed by atoms with Crippen LogP contribution in [0.2, 0.25) is 0 Å². The molecule has 2 aromatic rings. The molecule has 0 saturated carbocycles. The highest BCUT2D eigenvalue weighted by Gasteiger charge is 1.96. The van der Waals surface area contributed by atoms with Gasteiger partial charge in [-0.2, -0.15) is 0 Å². The lowest BCUT2D eigenvalue weighted by Crippen LogP contribution is -1.95. The monoisotopic (exact) mass is 257 g/mol. The number of nitrogens with two attached hydrogens (primary N) is 1. The average molecular weight is 258 g/mol. The number of anilines is 3. The van der Waals surface area contributed by atoms with Crippen LogP contribution in [-0.4, -0.2) is 4.98 Å². The maximum absolute atomic E-state index is 5.79. The minimum atomic E-state index is 0. The Morgan fingerprint density at radius 1 is 0.938 bits per heavy atom. The fraction of sp³-hybridized carbons (Fsp3) is 0. The Bertz CT molecular complexity index is 421. The van der Waals surface area contributed by atoms with Crippen molar-refractivity contribution in [1.82, 2.24) is 4.98 Å². The van der Waals surface area contributed by atoms with E-state index in [-0.39, 0.29) is 24.8 Å². The molecule has 3 N–H and O–H groups in total. The molecule has 5 heteroatoms. The molecule has 0 amide bonds. The summed E-state index contributed by atoms with van der Waals surface area (Å²) in [6.45, 7) is 0. The molecule has 0 bridgehead atoms. The second-order valence-corrected chi connectivity index (χ2v) is 2.95. The number of rotatable bonds is 2. The topological polar surface area (TPSA) is 50.9 Å². The van der Waals surface area contributed by atoms with Crippen LogP contribution in [0, 0.1) is 0 Å². The molecule has 0 radical (unpaired) electrons. The van der Waals surface area contributed by atoms with Gasteiger partial charge in [0.25, 0.3) is 0 Å². The van der Waals surface area contributed by atoms with E-state index < -0.39 is 0 Å². The van der Waals surface area contributed by atoms with Crippen LogP contribution in [0.1, 0.15) is 0 Å². The van der Waals surface area contributed by atoms with E-state index in [0.717, 1.165) is 17.1 Å². The highest BCUT2D eigenvalue weighted by Crippen LogP contribution is 2.21. The van der Waals surface area contributed by atoms with Crippen LogP contribution in [0.15, 0.2) is 48.8 Å². The van der Waals surface area contributed by atoms with Crippen molar-refractivity contribution in [3.05, 3.63) is 48.8 Å². The van der Waals surface area contributed by atoms with Crippen molar-refractivity contribution in [2.45, 2.75) is 0 Å². The lowest BCUT2D eigenvalue weighted by Gasteiger charge is -2.07. The Hall–Kier alpha value is -1.45. The molecule has 0 aliphatic rings. The molecule has 86 valence electrons. The Morgan fingerprint density at radius 2 is 1.56 bits per heavy atom. The van der Waals surface area contributed by atoms with Gasteiger partial charge in [0.05, 0.1) is 11.4 Å². The number of benzene rings is 1. The summed E-state index contributed by atoms with van der Waals surface area (Å²) in [5.74, 6) is 0. The van der Waals surface area contributed by atoms with Crippen LogP contribution < -0.4 is 11.1 Å². The highest BCUT2D eigenvalue weighted by molar-refractivity contribution is 5.85. The van der Waals surface area contributed by atoms with Gasteiger partial charge >= 0.3 is 0 Å². The van der Waals surface area contributed by atoms with E-state index in [2.05, 4.69) is 10.3 Å². The van der Waals surface area contributed by atoms with Crippen molar-refractivity contribution in [2.24, 2.45) is 0 Å². The summed E-state index contributed by atoms with van der Waals surface area (Å²) in [6, 6.07) is 11.4. The van der Waals surface area contributed by atoms with E-state index in [0.29, 0.717) is 0 Å². The highest BCUT2D eigenvalue weighted by atomic mass is 35.5. The standard InChI is InChI=1S/C11H11N3.2ClH/c12-10-3-1-2-4-11(10)14-9-5-7-13-8-6-9;;/h1-8H,12H2,(H,13,14);2*1H. The number of halogens is 2. The molecule has 0 unspecified atom stereocenters. The summed E-state index contributed by atoms with van der Waals surface area (Å²) in [7, 11) is 0. The predicted octanol–water partition coefficient (Wildman–Crippen LogP) is 3.25. The van der Waals surface area contributed by atoms with Crippen molar-refractivity contribution < 1.29 is 0 Å². The fourth-order valence-corrected chi connectivity index (χ4v) is 1.20. The average Bonchev–Trinajstić information content (AvgIpc) is 2.23. The van der Waals surface area contributed by atoms with Gasteiger partial charge in [-0.1, -0.05) is 12.1 Å². The maximum atomic E-state index is 5.79. The molecule has 16 heavy (non-hydrogen) atoms.